The van der Waals surface area contributed by atoms with Gasteiger partial charge in [0.25, 0.3) is 11.8 Å². The number of piperazine rings is 1. The van der Waals surface area contributed by atoms with Gasteiger partial charge in [-0.2, -0.15) is 0 Å². The van der Waals surface area contributed by atoms with Crippen LogP contribution in [-0.4, -0.2) is 96.5 Å². The van der Waals surface area contributed by atoms with E-state index >= 15 is 0 Å². The molecule has 12 nitrogen and oxygen atoms in total. The molecule has 0 unspecified atom stereocenters. The van der Waals surface area contributed by atoms with Gasteiger partial charge in [0.2, 0.25) is 5.91 Å². The first kappa shape index (κ1) is 45.5. The number of nitrogens with one attached hydrogen (secondary N) is 2. The van der Waals surface area contributed by atoms with Crippen LogP contribution in [0.15, 0.2) is 79.1 Å². The topological polar surface area (TPSA) is 133 Å². The van der Waals surface area contributed by atoms with Gasteiger partial charge in [-0.25, -0.2) is 4.98 Å². The Bertz CT molecular complexity index is 2070. The maximum absolute atomic E-state index is 13.8. The number of amides is 3. The van der Waals surface area contributed by atoms with Gasteiger partial charge in [0.1, 0.15) is 22.8 Å². The molecule has 0 saturated carbocycles. The quantitative estimate of drug-likeness (QED) is 0.111. The van der Waals surface area contributed by atoms with Gasteiger partial charge in [-0.1, -0.05) is 18.2 Å². The number of rotatable bonds is 14. The van der Waals surface area contributed by atoms with E-state index in [1.807, 2.05) is 48.2 Å². The van der Waals surface area contributed by atoms with Crippen molar-refractivity contribution in [2.24, 2.45) is 0 Å². The molecular formula is C41H50Cl3N7O5. The van der Waals surface area contributed by atoms with E-state index in [1.165, 1.54) is 7.11 Å². The number of hydrogen-bond acceptors (Lipinski definition) is 8. The Morgan fingerprint density at radius 3 is 2.43 bits per heavy atom. The second kappa shape index (κ2) is 21.4. The normalized spacial score (nSPS) is 12.5. The van der Waals surface area contributed by atoms with Crippen molar-refractivity contribution >= 4 is 77.4 Å². The number of aromatic amines is 1. The number of imidazole rings is 1. The summed E-state index contributed by atoms with van der Waals surface area (Å²) < 4.78 is 11.8. The molecule has 2 N–H and O–H groups in total. The Balaban J connectivity index is 0.00000280. The van der Waals surface area contributed by atoms with Crippen LogP contribution in [0.1, 0.15) is 63.4 Å². The molecule has 1 aliphatic heterocycles. The number of benzene rings is 3. The summed E-state index contributed by atoms with van der Waals surface area (Å²) in [5.41, 5.74) is 5.17. The predicted molar refractivity (Wildman–Crippen MR) is 228 cm³/mol. The summed E-state index contributed by atoms with van der Waals surface area (Å²) in [5.74, 6) is 1.29. The highest BCUT2D eigenvalue weighted by atomic mass is 35.5. The van der Waals surface area contributed by atoms with E-state index in [9.17, 15) is 14.4 Å². The highest BCUT2D eigenvalue weighted by Gasteiger charge is 2.22. The highest BCUT2D eigenvalue weighted by Crippen LogP contribution is 2.32. The van der Waals surface area contributed by atoms with Crippen LogP contribution in [0.3, 0.4) is 0 Å². The molecule has 5 aromatic rings. The number of fused-ring (bicyclic) bond motifs is 1. The average molecular weight is 827 g/mol. The second-order valence-corrected chi connectivity index (χ2v) is 13.5. The number of aromatic nitrogens is 3. The second-order valence-electron chi connectivity index (χ2n) is 13.5. The molecule has 0 radical (unpaired) electrons. The van der Waals surface area contributed by atoms with Gasteiger partial charge in [-0.3, -0.25) is 19.4 Å². The van der Waals surface area contributed by atoms with Gasteiger partial charge in [0.05, 0.1) is 36.2 Å². The van der Waals surface area contributed by atoms with Gasteiger partial charge in [-0.05, 0) is 92.9 Å². The van der Waals surface area contributed by atoms with Gasteiger partial charge in [0, 0.05) is 64.0 Å². The first-order chi connectivity index (χ1) is 25.7. The fourth-order valence-electron chi connectivity index (χ4n) is 6.43. The van der Waals surface area contributed by atoms with Crippen molar-refractivity contribution in [1.82, 2.24) is 24.8 Å². The summed E-state index contributed by atoms with van der Waals surface area (Å²) in [4.78, 5) is 57.8. The number of H-pyrrole nitrogens is 1. The number of ether oxygens (including phenoxy) is 2. The third-order valence-electron chi connectivity index (χ3n) is 9.53. The molecule has 15 heteroatoms. The molecule has 6 rings (SSSR count). The third-order valence-corrected chi connectivity index (χ3v) is 9.53. The number of aryl methyl sites for hydroxylation is 1. The van der Waals surface area contributed by atoms with Crippen molar-refractivity contribution in [2.75, 3.05) is 64.2 Å². The minimum Gasteiger partial charge on any atom is -0.495 e. The number of para-hydroxylation sites is 1. The van der Waals surface area contributed by atoms with Crippen LogP contribution < -0.4 is 19.7 Å². The molecule has 2 aromatic heterocycles. The van der Waals surface area contributed by atoms with Crippen LogP contribution in [0.5, 0.6) is 11.5 Å². The molecule has 3 amide bonds. The monoisotopic (exact) mass is 825 g/mol. The minimum absolute atomic E-state index is 0. The van der Waals surface area contributed by atoms with Crippen molar-refractivity contribution in [3.63, 3.8) is 0 Å². The van der Waals surface area contributed by atoms with Gasteiger partial charge < -0.3 is 34.5 Å². The Kier molecular flexibility index (Phi) is 17.4. The maximum atomic E-state index is 13.8. The van der Waals surface area contributed by atoms with E-state index in [4.69, 9.17) is 14.5 Å². The lowest BCUT2D eigenvalue weighted by atomic mass is 10.1. The SMILES string of the molecule is COc1cc(C(=O)N(C)c2ccc(C)cc2OCCCCCC(=O)N2CCN(C)CC2)ccc1NC(=O)c1cccc2[nH]c(Cc3cccnc3)nc12.Cl.Cl.Cl. The highest BCUT2D eigenvalue weighted by molar-refractivity contribution is 6.12. The zero-order valence-corrected chi connectivity index (χ0v) is 34.5. The Labute approximate surface area is 346 Å². The standard InChI is InChI=1S/C41H47N7O5.3ClH/c1-28-14-17-34(36(24-28)53-23-7-5-6-13-38(49)48-21-19-46(2)20-22-48)47(3)41(51)30-15-16-32(35(26-30)52-4)44-40(50)31-11-8-12-33-39(31)45-37(43-33)25-29-10-9-18-42-27-29;;;/h8-12,14-18,24,26-27H,5-7,13,19-23,25H2,1-4H3,(H,43,45)(H,44,50);3*1H. The van der Waals surface area contributed by atoms with E-state index in [1.54, 1.807) is 54.7 Å². The van der Waals surface area contributed by atoms with Crippen LogP contribution in [0, 0.1) is 6.92 Å². The van der Waals surface area contributed by atoms with Gasteiger partial charge in [-0.15, -0.1) is 37.2 Å². The van der Waals surface area contributed by atoms with Gasteiger partial charge in [0.15, 0.2) is 0 Å². The largest absolute Gasteiger partial charge is 0.495 e. The Morgan fingerprint density at radius 2 is 1.70 bits per heavy atom. The summed E-state index contributed by atoms with van der Waals surface area (Å²) >= 11 is 0. The van der Waals surface area contributed by atoms with Crippen LogP contribution in [0.2, 0.25) is 0 Å². The van der Waals surface area contributed by atoms with Crippen LogP contribution in [-0.2, 0) is 11.2 Å². The van der Waals surface area contributed by atoms with E-state index in [-0.39, 0.29) is 54.9 Å². The van der Waals surface area contributed by atoms with Gasteiger partial charge >= 0.3 is 0 Å². The van der Waals surface area contributed by atoms with Crippen molar-refractivity contribution in [2.45, 2.75) is 39.0 Å². The zero-order chi connectivity index (χ0) is 37.3. The lowest BCUT2D eigenvalue weighted by Crippen LogP contribution is -2.47. The lowest BCUT2D eigenvalue weighted by Gasteiger charge is -2.32. The predicted octanol–water partition coefficient (Wildman–Crippen LogP) is 7.37. The van der Waals surface area contributed by atoms with Crippen LogP contribution >= 0.6 is 37.2 Å². The van der Waals surface area contributed by atoms with Crippen LogP contribution in [0.4, 0.5) is 11.4 Å². The number of carbonyl (C=O) groups is 3. The molecule has 56 heavy (non-hydrogen) atoms. The minimum atomic E-state index is -0.354. The smallest absolute Gasteiger partial charge is 0.258 e. The van der Waals surface area contributed by atoms with E-state index in [2.05, 4.69) is 27.2 Å². The third kappa shape index (κ3) is 11.3. The number of methoxy groups -OCH3 is 1. The number of likely N-dealkylation sites (N-methyl/N-ethyl adjacent to an activating group) is 1. The first-order valence-corrected chi connectivity index (χ1v) is 18.0. The maximum Gasteiger partial charge on any atom is 0.258 e. The van der Waals surface area contributed by atoms with E-state index in [0.717, 1.165) is 67.9 Å². The average Bonchev–Trinajstić information content (AvgIpc) is 3.59. The molecule has 3 aromatic carbocycles. The number of nitrogens with zero attached hydrogens (tertiary/aromatic N) is 5. The lowest BCUT2D eigenvalue weighted by molar-refractivity contribution is -0.132. The van der Waals surface area contributed by atoms with Crippen molar-refractivity contribution in [1.29, 1.82) is 0 Å². The number of carbonyl (C=O) groups excluding carboxylic acids is 3. The van der Waals surface area contributed by atoms with Crippen LogP contribution in [0.25, 0.3) is 11.0 Å². The fourth-order valence-corrected chi connectivity index (χ4v) is 6.43. The summed E-state index contributed by atoms with van der Waals surface area (Å²) in [6.45, 7) is 5.90. The molecule has 0 spiro atoms. The molecule has 0 atom stereocenters. The molecule has 300 valence electrons. The molecule has 3 heterocycles. The number of hydrogen-bond donors (Lipinski definition) is 2. The molecule has 1 aliphatic rings. The molecule has 1 fully saturated rings. The number of pyridine rings is 1. The van der Waals surface area contributed by atoms with E-state index < -0.39 is 0 Å². The molecule has 1 saturated heterocycles. The fraction of sp³-hybridized carbons (Fsp3) is 0.341. The summed E-state index contributed by atoms with van der Waals surface area (Å²) in [6, 6.07) is 20.0. The molecule has 0 bridgehead atoms. The van der Waals surface area contributed by atoms with Crippen molar-refractivity contribution in [3.05, 3.63) is 107 Å². The van der Waals surface area contributed by atoms with Crippen molar-refractivity contribution < 1.29 is 23.9 Å². The molecular weight excluding hydrogens is 777 g/mol. The first-order valence-electron chi connectivity index (χ1n) is 18.0. The summed E-state index contributed by atoms with van der Waals surface area (Å²) in [7, 11) is 5.29. The Hall–Kier alpha value is -4.88. The summed E-state index contributed by atoms with van der Waals surface area (Å²) in [5, 5.41) is 2.94. The Morgan fingerprint density at radius 1 is 0.911 bits per heavy atom. The molecule has 0 aliphatic carbocycles. The number of halogens is 3. The zero-order valence-electron chi connectivity index (χ0n) is 32.1. The van der Waals surface area contributed by atoms with Crippen molar-refractivity contribution in [3.8, 4) is 11.5 Å². The van der Waals surface area contributed by atoms with E-state index in [0.29, 0.717) is 59.0 Å². The number of unbranched alkanes of at least 4 members (excludes halogenated alkanes) is 2. The number of anilines is 2. The summed E-state index contributed by atoms with van der Waals surface area (Å²) in [6.07, 6.45) is 7.11.